The maximum absolute atomic E-state index is 13.0. The summed E-state index contributed by atoms with van der Waals surface area (Å²) in [6.07, 6.45) is 0.887. The molecule has 1 atom stereocenters. The van der Waals surface area contributed by atoms with Crippen LogP contribution in [0.4, 0.5) is 10.2 Å². The smallest absolute Gasteiger partial charge is 0.248 e. The van der Waals surface area contributed by atoms with E-state index in [-0.39, 0.29) is 24.2 Å². The van der Waals surface area contributed by atoms with E-state index in [2.05, 4.69) is 15.5 Å². The fourth-order valence-corrected chi connectivity index (χ4v) is 3.51. The number of halogens is 1. The predicted octanol–water partition coefficient (Wildman–Crippen LogP) is 2.67. The van der Waals surface area contributed by atoms with E-state index in [9.17, 15) is 9.18 Å². The fourth-order valence-electron chi connectivity index (χ4n) is 3.51. The lowest BCUT2D eigenvalue weighted by atomic mass is 10.0. The Morgan fingerprint density at radius 2 is 2.14 bits per heavy atom. The maximum Gasteiger partial charge on any atom is 0.248 e. The van der Waals surface area contributed by atoms with Crippen LogP contribution in [-0.4, -0.2) is 52.8 Å². The van der Waals surface area contributed by atoms with Crippen LogP contribution in [0.3, 0.4) is 0 Å². The quantitative estimate of drug-likeness (QED) is 0.684. The molecule has 0 aliphatic carbocycles. The molecule has 3 heterocycles. The summed E-state index contributed by atoms with van der Waals surface area (Å²) < 4.78 is 17.9. The predicted molar refractivity (Wildman–Crippen MR) is 103 cm³/mol. The summed E-state index contributed by atoms with van der Waals surface area (Å²) in [6.45, 7) is 2.04. The van der Waals surface area contributed by atoms with Gasteiger partial charge in [0.1, 0.15) is 12.4 Å². The molecule has 0 bridgehead atoms. The van der Waals surface area contributed by atoms with Gasteiger partial charge in [0, 0.05) is 38.4 Å². The zero-order valence-corrected chi connectivity index (χ0v) is 15.6. The molecule has 0 spiro atoms. The van der Waals surface area contributed by atoms with Crippen molar-refractivity contribution in [2.75, 3.05) is 32.1 Å². The van der Waals surface area contributed by atoms with Crippen molar-refractivity contribution in [1.29, 1.82) is 0 Å². The highest BCUT2D eigenvalue weighted by atomic mass is 19.1. The van der Waals surface area contributed by atoms with Crippen LogP contribution in [0.25, 0.3) is 11.0 Å². The number of ether oxygens (including phenoxy) is 1. The zero-order valence-electron chi connectivity index (χ0n) is 15.6. The van der Waals surface area contributed by atoms with E-state index in [1.807, 2.05) is 17.0 Å². The van der Waals surface area contributed by atoms with Crippen LogP contribution >= 0.6 is 0 Å². The van der Waals surface area contributed by atoms with Crippen LogP contribution in [0.15, 0.2) is 36.4 Å². The lowest BCUT2D eigenvalue weighted by molar-refractivity contribution is -0.134. The number of benzene rings is 1. The van der Waals surface area contributed by atoms with Crippen LogP contribution in [-0.2, 0) is 16.1 Å². The zero-order chi connectivity index (χ0) is 19.5. The molecule has 2 N–H and O–H groups in total. The van der Waals surface area contributed by atoms with Crippen molar-refractivity contribution in [1.82, 2.24) is 20.1 Å². The summed E-state index contributed by atoms with van der Waals surface area (Å²) in [6, 6.07) is 10.4. The van der Waals surface area contributed by atoms with Crippen molar-refractivity contribution in [2.24, 2.45) is 0 Å². The minimum atomic E-state index is -0.250. The molecule has 1 amide bonds. The number of carbonyl (C=O) groups is 1. The van der Waals surface area contributed by atoms with Crippen LogP contribution in [0, 0.1) is 5.82 Å². The van der Waals surface area contributed by atoms with Crippen LogP contribution < -0.4 is 5.32 Å². The molecule has 28 heavy (non-hydrogen) atoms. The van der Waals surface area contributed by atoms with Gasteiger partial charge in [-0.2, -0.15) is 5.10 Å². The van der Waals surface area contributed by atoms with Gasteiger partial charge in [-0.25, -0.2) is 9.37 Å². The SMILES string of the molecule is COCC(=O)N1CCC(c2ccc3c(NCc4ccc(F)cc4)n[nH]c3n2)C1. The number of hydrogen-bond donors (Lipinski definition) is 2. The third-order valence-electron chi connectivity index (χ3n) is 5.05. The number of H-pyrrole nitrogens is 1. The molecule has 1 aliphatic heterocycles. The number of pyridine rings is 1. The molecule has 1 saturated heterocycles. The minimum absolute atomic E-state index is 0.0138. The molecule has 1 aliphatic rings. The van der Waals surface area contributed by atoms with Crippen molar-refractivity contribution in [2.45, 2.75) is 18.9 Å². The Kier molecular flexibility index (Phi) is 5.21. The number of nitrogens with one attached hydrogen (secondary N) is 2. The minimum Gasteiger partial charge on any atom is -0.375 e. The highest BCUT2D eigenvalue weighted by Crippen LogP contribution is 2.28. The molecule has 146 valence electrons. The Hall–Kier alpha value is -3.00. The molecule has 0 saturated carbocycles. The summed E-state index contributed by atoms with van der Waals surface area (Å²) in [5.74, 6) is 0.686. The topological polar surface area (TPSA) is 83.1 Å². The fraction of sp³-hybridized carbons (Fsp3) is 0.350. The first-order valence-corrected chi connectivity index (χ1v) is 9.24. The van der Waals surface area contributed by atoms with Gasteiger partial charge in [0.15, 0.2) is 11.5 Å². The molecular weight excluding hydrogens is 361 g/mol. The number of aromatic amines is 1. The van der Waals surface area contributed by atoms with Gasteiger partial charge >= 0.3 is 0 Å². The second-order valence-electron chi connectivity index (χ2n) is 6.94. The summed E-state index contributed by atoms with van der Waals surface area (Å²) in [7, 11) is 1.53. The van der Waals surface area contributed by atoms with Gasteiger partial charge in [0.05, 0.1) is 5.39 Å². The average molecular weight is 383 g/mol. The van der Waals surface area contributed by atoms with Crippen LogP contribution in [0.1, 0.15) is 23.6 Å². The van der Waals surface area contributed by atoms with Gasteiger partial charge in [0.2, 0.25) is 5.91 Å². The summed E-state index contributed by atoms with van der Waals surface area (Å²) in [5.41, 5.74) is 2.63. The molecule has 2 aromatic heterocycles. The summed E-state index contributed by atoms with van der Waals surface area (Å²) in [4.78, 5) is 18.5. The first-order valence-electron chi connectivity index (χ1n) is 9.24. The van der Waals surface area contributed by atoms with Crippen molar-refractivity contribution in [3.8, 4) is 0 Å². The normalized spacial score (nSPS) is 16.6. The third-order valence-corrected chi connectivity index (χ3v) is 5.05. The van der Waals surface area contributed by atoms with Crippen molar-refractivity contribution >= 4 is 22.8 Å². The van der Waals surface area contributed by atoms with Gasteiger partial charge in [-0.3, -0.25) is 9.89 Å². The molecule has 0 radical (unpaired) electrons. The highest BCUT2D eigenvalue weighted by molar-refractivity contribution is 5.87. The van der Waals surface area contributed by atoms with Gasteiger partial charge in [0.25, 0.3) is 0 Å². The lowest BCUT2D eigenvalue weighted by Crippen LogP contribution is -2.31. The average Bonchev–Trinajstić information content (AvgIpc) is 3.35. The first kappa shape index (κ1) is 18.4. The van der Waals surface area contributed by atoms with E-state index in [1.165, 1.54) is 19.2 Å². The molecule has 7 nitrogen and oxygen atoms in total. The lowest BCUT2D eigenvalue weighted by Gasteiger charge is -2.15. The molecule has 8 heteroatoms. The number of anilines is 1. The van der Waals surface area contributed by atoms with Crippen molar-refractivity contribution in [3.05, 3.63) is 53.5 Å². The van der Waals surface area contributed by atoms with Gasteiger partial charge < -0.3 is 15.0 Å². The number of methoxy groups -OCH3 is 1. The second-order valence-corrected chi connectivity index (χ2v) is 6.94. The summed E-state index contributed by atoms with van der Waals surface area (Å²) in [5, 5.41) is 11.4. The molecule has 4 rings (SSSR count). The number of amides is 1. The number of carbonyl (C=O) groups excluding carboxylic acids is 1. The maximum atomic E-state index is 13.0. The summed E-state index contributed by atoms with van der Waals surface area (Å²) >= 11 is 0. The van der Waals surface area contributed by atoms with E-state index in [0.29, 0.717) is 24.6 Å². The Balaban J connectivity index is 1.44. The van der Waals surface area contributed by atoms with Crippen LogP contribution in [0.5, 0.6) is 0 Å². The Labute approximate surface area is 161 Å². The Morgan fingerprint density at radius 3 is 2.93 bits per heavy atom. The second kappa shape index (κ2) is 7.93. The first-order chi connectivity index (χ1) is 13.6. The molecular formula is C20H22FN5O2. The molecule has 1 unspecified atom stereocenters. The van der Waals surface area contributed by atoms with E-state index < -0.39 is 0 Å². The molecule has 1 fully saturated rings. The largest absolute Gasteiger partial charge is 0.375 e. The van der Waals surface area contributed by atoms with Gasteiger partial charge in [-0.1, -0.05) is 12.1 Å². The molecule has 1 aromatic carbocycles. The highest BCUT2D eigenvalue weighted by Gasteiger charge is 2.28. The number of likely N-dealkylation sites (tertiary alicyclic amines) is 1. The van der Waals surface area contributed by atoms with Gasteiger partial charge in [-0.05, 0) is 36.2 Å². The van der Waals surface area contributed by atoms with E-state index in [1.54, 1.807) is 12.1 Å². The van der Waals surface area contributed by atoms with E-state index >= 15 is 0 Å². The van der Waals surface area contributed by atoms with Crippen molar-refractivity contribution in [3.63, 3.8) is 0 Å². The van der Waals surface area contributed by atoms with Crippen molar-refractivity contribution < 1.29 is 13.9 Å². The van der Waals surface area contributed by atoms with E-state index in [0.717, 1.165) is 29.6 Å². The Morgan fingerprint density at radius 1 is 1.32 bits per heavy atom. The number of rotatable bonds is 6. The Bertz CT molecular complexity index is 972. The van der Waals surface area contributed by atoms with E-state index in [4.69, 9.17) is 9.72 Å². The monoisotopic (exact) mass is 383 g/mol. The van der Waals surface area contributed by atoms with Crippen LogP contribution in [0.2, 0.25) is 0 Å². The number of hydrogen-bond acceptors (Lipinski definition) is 5. The number of aromatic nitrogens is 3. The number of fused-ring (bicyclic) bond motifs is 1. The molecule has 3 aromatic rings. The standard InChI is InChI=1S/C20H22FN5O2/c1-28-12-18(27)26-9-8-14(11-26)17-7-6-16-19(24-25-20(16)23-17)22-10-13-2-4-15(21)5-3-13/h2-7,14H,8-12H2,1H3,(H2,22,23,24,25). The van der Waals surface area contributed by atoms with Gasteiger partial charge in [-0.15, -0.1) is 0 Å². The number of nitrogens with zero attached hydrogens (tertiary/aromatic N) is 3. The third kappa shape index (κ3) is 3.82.